The largest absolute Gasteiger partial charge is 0.479 e. The first-order valence-corrected chi connectivity index (χ1v) is 10.3. The van der Waals surface area contributed by atoms with Crippen LogP contribution in [-0.4, -0.2) is 68.6 Å². The number of rotatable bonds is 6. The Morgan fingerprint density at radius 1 is 1.03 bits per heavy atom. The number of carbonyl (C=O) groups excluding carboxylic acids is 1. The number of carboxylic acid groups (broad SMARTS) is 1. The van der Waals surface area contributed by atoms with Gasteiger partial charge in [-0.3, -0.25) is 4.79 Å². The highest BCUT2D eigenvalue weighted by Crippen LogP contribution is 2.32. The number of aliphatic carboxylic acids is 1. The van der Waals surface area contributed by atoms with Gasteiger partial charge in [0.2, 0.25) is 6.29 Å². The zero-order chi connectivity index (χ0) is 24.4. The summed E-state index contributed by atoms with van der Waals surface area (Å²) in [6, 6.07) is 4.90. The molecular formula is C22H33NO9. The van der Waals surface area contributed by atoms with Gasteiger partial charge in [-0.15, -0.1) is 0 Å². The van der Waals surface area contributed by atoms with Gasteiger partial charge in [-0.2, -0.15) is 0 Å². The van der Waals surface area contributed by atoms with E-state index in [0.717, 1.165) is 0 Å². The quantitative estimate of drug-likeness (QED) is 0.396. The van der Waals surface area contributed by atoms with Crippen LogP contribution in [0, 0.1) is 5.41 Å². The molecule has 1 fully saturated rings. The summed E-state index contributed by atoms with van der Waals surface area (Å²) in [6.45, 7) is 11.0. The number of aliphatic hydroxyl groups excluding tert-OH is 3. The summed E-state index contributed by atoms with van der Waals surface area (Å²) < 4.78 is 16.3. The van der Waals surface area contributed by atoms with Crippen LogP contribution in [0.5, 0.6) is 5.75 Å². The molecule has 0 bridgehead atoms. The molecule has 1 aromatic rings. The van der Waals surface area contributed by atoms with Crippen LogP contribution >= 0.6 is 0 Å². The molecular weight excluding hydrogens is 422 g/mol. The Bertz CT molecular complexity index is 828. The lowest BCUT2D eigenvalue weighted by molar-refractivity contribution is -0.271. The first-order valence-electron chi connectivity index (χ1n) is 10.3. The van der Waals surface area contributed by atoms with Gasteiger partial charge in [-0.1, -0.05) is 6.07 Å². The number of aliphatic hydroxyl groups is 3. The molecule has 10 nitrogen and oxygen atoms in total. The van der Waals surface area contributed by atoms with Crippen LogP contribution in [0.2, 0.25) is 0 Å². The van der Waals surface area contributed by atoms with Gasteiger partial charge in [0.15, 0.2) is 6.10 Å². The maximum absolute atomic E-state index is 12.1. The van der Waals surface area contributed by atoms with Gasteiger partial charge in [0.1, 0.15) is 30.7 Å². The fraction of sp³-hybridized carbons (Fsp3) is 0.636. The molecule has 180 valence electrons. The van der Waals surface area contributed by atoms with Crippen molar-refractivity contribution in [2.24, 2.45) is 5.41 Å². The Balaban J connectivity index is 2.27. The average Bonchev–Trinajstić information content (AvgIpc) is 2.65. The van der Waals surface area contributed by atoms with Crippen molar-refractivity contribution in [3.05, 3.63) is 23.8 Å². The molecule has 5 atom stereocenters. The van der Waals surface area contributed by atoms with E-state index in [1.54, 1.807) is 39.0 Å². The molecule has 1 heterocycles. The van der Waals surface area contributed by atoms with Crippen molar-refractivity contribution in [2.75, 3.05) is 5.32 Å². The Morgan fingerprint density at radius 2 is 1.66 bits per heavy atom. The first-order chi connectivity index (χ1) is 14.6. The summed E-state index contributed by atoms with van der Waals surface area (Å²) >= 11 is 0. The number of anilines is 1. The molecule has 1 saturated heterocycles. The molecule has 10 heteroatoms. The highest BCUT2D eigenvalue weighted by molar-refractivity contribution is 5.75. The van der Waals surface area contributed by atoms with Crippen molar-refractivity contribution in [1.82, 2.24) is 0 Å². The van der Waals surface area contributed by atoms with E-state index < -0.39 is 47.6 Å². The molecule has 0 aliphatic carbocycles. The fourth-order valence-electron chi connectivity index (χ4n) is 2.91. The SMILES string of the molecule is CC(C)(C)Nc1cc(COC(=O)C(C)(C)C)ccc1O[C@@H]1OC(C(=O)O)[C@@H](O)[C@H](O)[C@H]1O. The first kappa shape index (κ1) is 25.9. The third-order valence-electron chi connectivity index (χ3n) is 4.59. The smallest absolute Gasteiger partial charge is 0.335 e. The Labute approximate surface area is 187 Å². The molecule has 0 spiro atoms. The summed E-state index contributed by atoms with van der Waals surface area (Å²) in [5, 5.41) is 42.5. The minimum Gasteiger partial charge on any atom is -0.479 e. The van der Waals surface area contributed by atoms with E-state index in [9.17, 15) is 30.0 Å². The standard InChI is InChI=1S/C22H33NO9/c1-21(2,3)20(29)30-10-11-7-8-13(12(9-11)23-22(4,5)6)31-19-16(26)14(24)15(25)17(32-19)18(27)28/h7-9,14-17,19,23-26H,10H2,1-6H3,(H,27,28)/t14-,15-,16+,17?,19+/m0/s1. The molecule has 0 saturated carbocycles. The molecule has 1 aromatic carbocycles. The van der Waals surface area contributed by atoms with Gasteiger partial charge in [-0.05, 0) is 59.2 Å². The Morgan fingerprint density at radius 3 is 2.19 bits per heavy atom. The van der Waals surface area contributed by atoms with E-state index in [4.69, 9.17) is 14.2 Å². The van der Waals surface area contributed by atoms with Gasteiger partial charge in [0.05, 0.1) is 11.1 Å². The molecule has 2 rings (SSSR count). The maximum atomic E-state index is 12.1. The summed E-state index contributed by atoms with van der Waals surface area (Å²) in [5.41, 5.74) is 0.107. The van der Waals surface area contributed by atoms with E-state index >= 15 is 0 Å². The number of carboxylic acids is 1. The lowest BCUT2D eigenvalue weighted by atomic mass is 9.97. The molecule has 1 unspecified atom stereocenters. The molecule has 0 amide bonds. The summed E-state index contributed by atoms with van der Waals surface area (Å²) in [7, 11) is 0. The molecule has 32 heavy (non-hydrogen) atoms. The Hall–Kier alpha value is -2.40. The summed E-state index contributed by atoms with van der Waals surface area (Å²) in [6.07, 6.45) is -8.58. The van der Waals surface area contributed by atoms with Gasteiger partial charge in [-0.25, -0.2) is 4.79 Å². The average molecular weight is 456 g/mol. The number of hydrogen-bond donors (Lipinski definition) is 5. The predicted molar refractivity (Wildman–Crippen MR) is 114 cm³/mol. The van der Waals surface area contributed by atoms with Gasteiger partial charge in [0.25, 0.3) is 0 Å². The second kappa shape index (κ2) is 9.62. The maximum Gasteiger partial charge on any atom is 0.335 e. The number of carbonyl (C=O) groups is 2. The van der Waals surface area contributed by atoms with Crippen LogP contribution in [0.4, 0.5) is 5.69 Å². The number of benzene rings is 1. The predicted octanol–water partition coefficient (Wildman–Crippen LogP) is 1.26. The van der Waals surface area contributed by atoms with Crippen molar-refractivity contribution in [2.45, 2.75) is 84.4 Å². The third-order valence-corrected chi connectivity index (χ3v) is 4.59. The second-order valence-electron chi connectivity index (χ2n) is 9.88. The lowest BCUT2D eigenvalue weighted by Crippen LogP contribution is -2.61. The number of esters is 1. The highest BCUT2D eigenvalue weighted by atomic mass is 16.7. The topological polar surface area (TPSA) is 155 Å². The molecule has 1 aliphatic heterocycles. The van der Waals surface area contributed by atoms with E-state index in [-0.39, 0.29) is 18.3 Å². The van der Waals surface area contributed by atoms with Crippen LogP contribution in [0.25, 0.3) is 0 Å². The number of nitrogens with one attached hydrogen (secondary N) is 1. The zero-order valence-electron chi connectivity index (χ0n) is 19.2. The van der Waals surface area contributed by atoms with E-state index in [1.165, 1.54) is 0 Å². The second-order valence-corrected chi connectivity index (χ2v) is 9.88. The van der Waals surface area contributed by atoms with Crippen molar-refractivity contribution in [1.29, 1.82) is 0 Å². The highest BCUT2D eigenvalue weighted by Gasteiger charge is 2.48. The third kappa shape index (κ3) is 6.55. The normalized spacial score (nSPS) is 26.3. The van der Waals surface area contributed by atoms with Crippen molar-refractivity contribution in [3.8, 4) is 5.75 Å². The van der Waals surface area contributed by atoms with Crippen LogP contribution in [0.15, 0.2) is 18.2 Å². The van der Waals surface area contributed by atoms with Gasteiger partial charge in [0, 0.05) is 5.54 Å². The minimum absolute atomic E-state index is 0.0315. The molecule has 0 aromatic heterocycles. The van der Waals surface area contributed by atoms with E-state index in [2.05, 4.69) is 5.32 Å². The minimum atomic E-state index is -1.81. The summed E-state index contributed by atoms with van der Waals surface area (Å²) in [4.78, 5) is 23.4. The molecule has 5 N–H and O–H groups in total. The van der Waals surface area contributed by atoms with E-state index in [0.29, 0.717) is 11.3 Å². The molecule has 1 aliphatic rings. The molecule has 0 radical (unpaired) electrons. The van der Waals surface area contributed by atoms with Gasteiger partial charge >= 0.3 is 11.9 Å². The fourth-order valence-corrected chi connectivity index (χ4v) is 2.91. The van der Waals surface area contributed by atoms with Gasteiger partial charge < -0.3 is 40.0 Å². The van der Waals surface area contributed by atoms with E-state index in [1.807, 2.05) is 20.8 Å². The summed E-state index contributed by atoms with van der Waals surface area (Å²) in [5.74, 6) is -1.64. The Kier molecular flexibility index (Phi) is 7.77. The van der Waals surface area contributed by atoms with Crippen molar-refractivity contribution >= 4 is 17.6 Å². The number of ether oxygens (including phenoxy) is 3. The van der Waals surface area contributed by atoms with Crippen molar-refractivity contribution in [3.63, 3.8) is 0 Å². The van der Waals surface area contributed by atoms with Crippen LogP contribution in [0.1, 0.15) is 47.1 Å². The monoisotopic (exact) mass is 455 g/mol. The van der Waals surface area contributed by atoms with Crippen LogP contribution in [0.3, 0.4) is 0 Å². The van der Waals surface area contributed by atoms with Crippen LogP contribution in [-0.2, 0) is 25.7 Å². The zero-order valence-corrected chi connectivity index (χ0v) is 19.2. The number of hydrogen-bond acceptors (Lipinski definition) is 9. The lowest BCUT2D eigenvalue weighted by Gasteiger charge is -2.38. The van der Waals surface area contributed by atoms with Crippen LogP contribution < -0.4 is 10.1 Å². The van der Waals surface area contributed by atoms with Crippen molar-refractivity contribution < 1.29 is 44.2 Å².